The third-order valence-corrected chi connectivity index (χ3v) is 4.32. The lowest BCUT2D eigenvalue weighted by molar-refractivity contribution is -0.116. The van der Waals surface area contributed by atoms with Crippen molar-refractivity contribution < 1.29 is 28.9 Å². The molecule has 0 bridgehead atoms. The fourth-order valence-corrected chi connectivity index (χ4v) is 2.90. The summed E-state index contributed by atoms with van der Waals surface area (Å²) in [7, 11) is 0. The van der Waals surface area contributed by atoms with Crippen LogP contribution in [-0.2, 0) is 17.9 Å². The molecular weight excluding hydrogens is 414 g/mol. The maximum atomic E-state index is 12.1. The summed E-state index contributed by atoms with van der Waals surface area (Å²) in [6.45, 7) is 5.20. The van der Waals surface area contributed by atoms with E-state index in [4.69, 9.17) is 19.3 Å². The summed E-state index contributed by atoms with van der Waals surface area (Å²) in [4.78, 5) is 23.0. The van der Waals surface area contributed by atoms with Crippen LogP contribution in [0, 0.1) is 0 Å². The van der Waals surface area contributed by atoms with Gasteiger partial charge in [0, 0.05) is 11.9 Å². The zero-order valence-electron chi connectivity index (χ0n) is 17.9. The van der Waals surface area contributed by atoms with E-state index in [1.807, 2.05) is 32.0 Å². The minimum absolute atomic E-state index is 0.0918. The largest absolute Gasteiger partial charge is 0.490 e. The van der Waals surface area contributed by atoms with Crippen LogP contribution in [0.25, 0.3) is 0 Å². The Morgan fingerprint density at radius 2 is 1.69 bits per heavy atom. The van der Waals surface area contributed by atoms with Crippen molar-refractivity contribution in [2.45, 2.75) is 27.0 Å². The Balaban J connectivity index is 1.53. The van der Waals surface area contributed by atoms with Crippen molar-refractivity contribution in [3.8, 4) is 17.2 Å². The van der Waals surface area contributed by atoms with E-state index in [9.17, 15) is 9.59 Å². The minimum atomic E-state index is -1.14. The van der Waals surface area contributed by atoms with Gasteiger partial charge in [-0.1, -0.05) is 6.07 Å². The van der Waals surface area contributed by atoms with Gasteiger partial charge in [0.05, 0.1) is 13.2 Å². The van der Waals surface area contributed by atoms with Gasteiger partial charge in [0.15, 0.2) is 17.2 Å². The molecule has 1 aromatic heterocycles. The molecule has 0 fully saturated rings. The molecule has 9 heteroatoms. The summed E-state index contributed by atoms with van der Waals surface area (Å²) in [5.74, 6) is 0.567. The molecule has 0 saturated carbocycles. The van der Waals surface area contributed by atoms with Crippen LogP contribution < -0.4 is 19.5 Å². The standard InChI is InChI=1S/C23H25N3O6/c1-3-30-20-10-5-16(13-21(20)31-4-2)15-32-18-8-6-17(7-9-18)24-22(27)14-26-12-11-19(25-26)23(28)29/h5-13H,3-4,14-15H2,1-2H3,(H,24,27)(H,28,29). The van der Waals surface area contributed by atoms with Crippen molar-refractivity contribution in [2.75, 3.05) is 18.5 Å². The quantitative estimate of drug-likeness (QED) is 0.469. The van der Waals surface area contributed by atoms with E-state index >= 15 is 0 Å². The number of anilines is 1. The van der Waals surface area contributed by atoms with Crippen molar-refractivity contribution >= 4 is 17.6 Å². The number of carboxylic acids is 1. The first-order chi connectivity index (χ1) is 15.5. The van der Waals surface area contributed by atoms with Gasteiger partial charge >= 0.3 is 5.97 Å². The molecule has 0 saturated heterocycles. The predicted molar refractivity (Wildman–Crippen MR) is 117 cm³/mol. The molecule has 0 spiro atoms. The number of nitrogens with one attached hydrogen (secondary N) is 1. The van der Waals surface area contributed by atoms with E-state index in [0.29, 0.717) is 42.8 Å². The molecule has 0 aliphatic rings. The number of carbonyl (C=O) groups excluding carboxylic acids is 1. The lowest BCUT2D eigenvalue weighted by atomic mass is 10.2. The van der Waals surface area contributed by atoms with Gasteiger partial charge in [-0.15, -0.1) is 0 Å². The molecule has 9 nitrogen and oxygen atoms in total. The van der Waals surface area contributed by atoms with Gasteiger partial charge < -0.3 is 24.6 Å². The van der Waals surface area contributed by atoms with E-state index in [1.54, 1.807) is 24.3 Å². The monoisotopic (exact) mass is 439 g/mol. The first-order valence-corrected chi connectivity index (χ1v) is 10.2. The average Bonchev–Trinajstić information content (AvgIpc) is 3.24. The zero-order chi connectivity index (χ0) is 22.9. The fraction of sp³-hybridized carbons (Fsp3) is 0.261. The van der Waals surface area contributed by atoms with Crippen LogP contribution in [0.15, 0.2) is 54.7 Å². The Bertz CT molecular complexity index is 1060. The normalized spacial score (nSPS) is 10.4. The summed E-state index contributed by atoms with van der Waals surface area (Å²) >= 11 is 0. The lowest BCUT2D eigenvalue weighted by Crippen LogP contribution is -2.19. The van der Waals surface area contributed by atoms with Crippen LogP contribution in [0.1, 0.15) is 29.9 Å². The number of carboxylic acid groups (broad SMARTS) is 1. The maximum absolute atomic E-state index is 12.1. The maximum Gasteiger partial charge on any atom is 0.356 e. The molecule has 3 aromatic rings. The number of carbonyl (C=O) groups is 2. The Morgan fingerprint density at radius 1 is 0.969 bits per heavy atom. The predicted octanol–water partition coefficient (Wildman–Crippen LogP) is 3.60. The Hall–Kier alpha value is -4.01. The van der Waals surface area contributed by atoms with Crippen molar-refractivity contribution in [3.05, 3.63) is 66.0 Å². The van der Waals surface area contributed by atoms with Crippen LogP contribution >= 0.6 is 0 Å². The molecule has 2 N–H and O–H groups in total. The van der Waals surface area contributed by atoms with Gasteiger partial charge in [0.25, 0.3) is 0 Å². The molecule has 0 radical (unpaired) electrons. The third-order valence-electron chi connectivity index (χ3n) is 4.32. The lowest BCUT2D eigenvalue weighted by Gasteiger charge is -2.13. The second-order valence-electron chi connectivity index (χ2n) is 6.71. The summed E-state index contributed by atoms with van der Waals surface area (Å²) < 4.78 is 18.3. The highest BCUT2D eigenvalue weighted by Gasteiger charge is 2.10. The van der Waals surface area contributed by atoms with Crippen molar-refractivity contribution in [1.82, 2.24) is 9.78 Å². The van der Waals surface area contributed by atoms with E-state index in [1.165, 1.54) is 16.9 Å². The highest BCUT2D eigenvalue weighted by Crippen LogP contribution is 2.29. The fourth-order valence-electron chi connectivity index (χ4n) is 2.90. The Morgan fingerprint density at radius 3 is 2.34 bits per heavy atom. The molecule has 168 valence electrons. The molecule has 0 atom stereocenters. The van der Waals surface area contributed by atoms with Gasteiger partial charge in [0.1, 0.15) is 18.9 Å². The molecule has 3 rings (SSSR count). The molecule has 2 aromatic carbocycles. The van der Waals surface area contributed by atoms with Crippen LogP contribution in [0.2, 0.25) is 0 Å². The van der Waals surface area contributed by atoms with E-state index in [2.05, 4.69) is 10.4 Å². The van der Waals surface area contributed by atoms with Gasteiger partial charge in [-0.3, -0.25) is 9.48 Å². The highest BCUT2D eigenvalue weighted by molar-refractivity contribution is 5.90. The van der Waals surface area contributed by atoms with Gasteiger partial charge in [-0.05, 0) is 61.9 Å². The van der Waals surface area contributed by atoms with Gasteiger partial charge in [-0.2, -0.15) is 5.10 Å². The number of amides is 1. The molecule has 0 unspecified atom stereocenters. The van der Waals surface area contributed by atoms with E-state index in [-0.39, 0.29) is 18.1 Å². The summed E-state index contributed by atoms with van der Waals surface area (Å²) in [6, 6.07) is 14.0. The molecule has 0 aliphatic carbocycles. The first kappa shape index (κ1) is 22.7. The first-order valence-electron chi connectivity index (χ1n) is 10.2. The SMILES string of the molecule is CCOc1ccc(COc2ccc(NC(=O)Cn3ccc(C(=O)O)n3)cc2)cc1OCC. The molecule has 1 heterocycles. The minimum Gasteiger partial charge on any atom is -0.490 e. The number of aromatic carboxylic acids is 1. The number of rotatable bonds is 11. The smallest absolute Gasteiger partial charge is 0.356 e. The Kier molecular flexibility index (Phi) is 7.69. The summed E-state index contributed by atoms with van der Waals surface area (Å²) in [6.07, 6.45) is 1.44. The number of nitrogens with zero attached hydrogens (tertiary/aromatic N) is 2. The number of hydrogen-bond acceptors (Lipinski definition) is 6. The number of aromatic nitrogens is 2. The second kappa shape index (κ2) is 10.9. The van der Waals surface area contributed by atoms with Crippen LogP contribution in [0.4, 0.5) is 5.69 Å². The summed E-state index contributed by atoms with van der Waals surface area (Å²) in [5.41, 5.74) is 1.42. The average molecular weight is 439 g/mol. The van der Waals surface area contributed by atoms with Crippen LogP contribution in [0.3, 0.4) is 0 Å². The topological polar surface area (TPSA) is 112 Å². The molecule has 1 amide bonds. The van der Waals surface area contributed by atoms with Crippen LogP contribution in [0.5, 0.6) is 17.2 Å². The van der Waals surface area contributed by atoms with Crippen molar-refractivity contribution in [3.63, 3.8) is 0 Å². The third kappa shape index (κ3) is 6.24. The van der Waals surface area contributed by atoms with Gasteiger partial charge in [0.2, 0.25) is 5.91 Å². The molecular formula is C23H25N3O6. The number of hydrogen-bond donors (Lipinski definition) is 2. The van der Waals surface area contributed by atoms with Crippen molar-refractivity contribution in [2.24, 2.45) is 0 Å². The summed E-state index contributed by atoms with van der Waals surface area (Å²) in [5, 5.41) is 15.4. The van der Waals surface area contributed by atoms with Crippen LogP contribution in [-0.4, -0.2) is 40.0 Å². The zero-order valence-corrected chi connectivity index (χ0v) is 17.9. The van der Waals surface area contributed by atoms with Gasteiger partial charge in [-0.25, -0.2) is 4.79 Å². The second-order valence-corrected chi connectivity index (χ2v) is 6.71. The highest BCUT2D eigenvalue weighted by atomic mass is 16.5. The Labute approximate surface area is 185 Å². The van der Waals surface area contributed by atoms with E-state index in [0.717, 1.165) is 5.56 Å². The van der Waals surface area contributed by atoms with Crippen molar-refractivity contribution in [1.29, 1.82) is 0 Å². The molecule has 0 aliphatic heterocycles. The number of ether oxygens (including phenoxy) is 3. The molecule has 32 heavy (non-hydrogen) atoms. The number of benzene rings is 2. The van der Waals surface area contributed by atoms with E-state index < -0.39 is 5.97 Å².